The second-order valence-corrected chi connectivity index (χ2v) is 8.41. The number of likely N-dealkylation sites (tertiary alicyclic amines) is 1. The van der Waals surface area contributed by atoms with Crippen LogP contribution < -0.4 is 0 Å². The summed E-state index contributed by atoms with van der Waals surface area (Å²) >= 11 is 1.56. The first-order chi connectivity index (χ1) is 12.6. The average Bonchev–Trinajstić information content (AvgIpc) is 3.18. The van der Waals surface area contributed by atoms with Gasteiger partial charge in [-0.3, -0.25) is 4.90 Å². The highest BCUT2D eigenvalue weighted by Gasteiger charge is 2.31. The lowest BCUT2D eigenvalue weighted by Crippen LogP contribution is -2.36. The molecule has 6 heteroatoms. The number of piperidine rings is 1. The second kappa shape index (κ2) is 7.00. The predicted octanol–water partition coefficient (Wildman–Crippen LogP) is 4.19. The first kappa shape index (κ1) is 17.5. The minimum atomic E-state index is 0.0571. The van der Waals surface area contributed by atoms with Crippen molar-refractivity contribution in [2.24, 2.45) is 5.92 Å². The van der Waals surface area contributed by atoms with Crippen LogP contribution in [0.1, 0.15) is 54.6 Å². The Labute approximate surface area is 158 Å². The fourth-order valence-electron chi connectivity index (χ4n) is 3.68. The van der Waals surface area contributed by atoms with Gasteiger partial charge in [0.15, 0.2) is 5.82 Å². The SMILES string of the molecule is CCc1nc2sc(C(c3ccc(C)cc3)N3CCC(C)CC3)c(O)n2n1. The van der Waals surface area contributed by atoms with Gasteiger partial charge in [-0.25, -0.2) is 4.98 Å². The number of hydrogen-bond donors (Lipinski definition) is 1. The Hall–Kier alpha value is -1.92. The number of aromatic nitrogens is 3. The summed E-state index contributed by atoms with van der Waals surface area (Å²) in [5.74, 6) is 1.78. The highest BCUT2D eigenvalue weighted by Crippen LogP contribution is 2.41. The zero-order valence-electron chi connectivity index (χ0n) is 15.6. The van der Waals surface area contributed by atoms with Crippen molar-refractivity contribution >= 4 is 16.3 Å². The predicted molar refractivity (Wildman–Crippen MR) is 105 cm³/mol. The van der Waals surface area contributed by atoms with E-state index in [9.17, 15) is 5.11 Å². The van der Waals surface area contributed by atoms with Crippen molar-refractivity contribution in [1.29, 1.82) is 0 Å². The van der Waals surface area contributed by atoms with Crippen molar-refractivity contribution in [2.45, 2.75) is 46.1 Å². The van der Waals surface area contributed by atoms with Crippen LogP contribution in [0.2, 0.25) is 0 Å². The molecule has 0 aliphatic carbocycles. The van der Waals surface area contributed by atoms with Gasteiger partial charge in [-0.1, -0.05) is 55.0 Å². The van der Waals surface area contributed by atoms with Crippen LogP contribution in [0.5, 0.6) is 5.88 Å². The smallest absolute Gasteiger partial charge is 0.230 e. The number of aromatic hydroxyl groups is 1. The molecular weight excluding hydrogens is 344 g/mol. The Morgan fingerprint density at radius 2 is 1.92 bits per heavy atom. The molecule has 0 spiro atoms. The third-order valence-electron chi connectivity index (χ3n) is 5.38. The van der Waals surface area contributed by atoms with E-state index < -0.39 is 0 Å². The maximum atomic E-state index is 10.9. The number of hydrogen-bond acceptors (Lipinski definition) is 5. The molecule has 1 aliphatic heterocycles. The molecule has 0 radical (unpaired) electrons. The number of rotatable bonds is 4. The fraction of sp³-hybridized carbons (Fsp3) is 0.500. The van der Waals surface area contributed by atoms with Crippen LogP contribution >= 0.6 is 11.3 Å². The molecule has 26 heavy (non-hydrogen) atoms. The highest BCUT2D eigenvalue weighted by molar-refractivity contribution is 7.17. The zero-order valence-corrected chi connectivity index (χ0v) is 16.5. The maximum absolute atomic E-state index is 10.9. The first-order valence-electron chi connectivity index (χ1n) is 9.44. The van der Waals surface area contributed by atoms with E-state index in [1.54, 1.807) is 15.9 Å². The molecule has 1 aromatic carbocycles. The Morgan fingerprint density at radius 1 is 1.23 bits per heavy atom. The Balaban J connectivity index is 1.78. The standard InChI is InChI=1S/C20H26N4OS/c1-4-16-21-20-24(22-16)19(25)18(26-20)17(15-7-5-13(2)6-8-15)23-11-9-14(3)10-12-23/h5-8,14,17,25H,4,9-12H2,1-3H3. The zero-order chi connectivity index (χ0) is 18.3. The molecule has 1 unspecified atom stereocenters. The van der Waals surface area contributed by atoms with E-state index in [-0.39, 0.29) is 11.9 Å². The molecule has 2 aromatic heterocycles. The number of thiazole rings is 1. The van der Waals surface area contributed by atoms with E-state index in [1.807, 2.05) is 6.92 Å². The molecule has 5 nitrogen and oxygen atoms in total. The molecule has 0 bridgehead atoms. The number of nitrogens with zero attached hydrogens (tertiary/aromatic N) is 4. The average molecular weight is 371 g/mol. The summed E-state index contributed by atoms with van der Waals surface area (Å²) < 4.78 is 1.60. The molecular formula is C20H26N4OS. The van der Waals surface area contributed by atoms with Gasteiger partial charge in [0.1, 0.15) is 0 Å². The molecule has 0 saturated carbocycles. The summed E-state index contributed by atoms with van der Waals surface area (Å²) in [5, 5.41) is 15.4. The Morgan fingerprint density at radius 3 is 2.54 bits per heavy atom. The molecule has 0 amide bonds. The van der Waals surface area contributed by atoms with E-state index in [0.717, 1.165) is 41.1 Å². The number of aryl methyl sites for hydroxylation is 2. The molecule has 1 N–H and O–H groups in total. The van der Waals surface area contributed by atoms with E-state index >= 15 is 0 Å². The van der Waals surface area contributed by atoms with E-state index in [0.29, 0.717) is 0 Å². The van der Waals surface area contributed by atoms with Gasteiger partial charge in [-0.05, 0) is 44.3 Å². The monoisotopic (exact) mass is 370 g/mol. The summed E-state index contributed by atoms with van der Waals surface area (Å²) in [6, 6.07) is 8.73. The van der Waals surface area contributed by atoms with Crippen molar-refractivity contribution in [3.05, 3.63) is 46.1 Å². The lowest BCUT2D eigenvalue weighted by Gasteiger charge is -2.36. The van der Waals surface area contributed by atoms with Gasteiger partial charge in [-0.15, -0.1) is 5.10 Å². The lowest BCUT2D eigenvalue weighted by atomic mass is 9.95. The Bertz CT molecular complexity index is 891. The number of fused-ring (bicyclic) bond motifs is 1. The van der Waals surface area contributed by atoms with E-state index in [4.69, 9.17) is 0 Å². The molecule has 138 valence electrons. The summed E-state index contributed by atoms with van der Waals surface area (Å²) in [6.07, 6.45) is 3.17. The van der Waals surface area contributed by atoms with Crippen LogP contribution in [-0.2, 0) is 6.42 Å². The van der Waals surface area contributed by atoms with E-state index in [2.05, 4.69) is 53.1 Å². The van der Waals surface area contributed by atoms with Gasteiger partial charge in [-0.2, -0.15) is 4.52 Å². The van der Waals surface area contributed by atoms with Crippen molar-refractivity contribution < 1.29 is 5.11 Å². The fourth-order valence-corrected chi connectivity index (χ4v) is 4.82. The summed E-state index contributed by atoms with van der Waals surface area (Å²) in [6.45, 7) is 8.56. The molecule has 1 aliphatic rings. The van der Waals surface area contributed by atoms with Gasteiger partial charge in [0.2, 0.25) is 10.8 Å². The van der Waals surface area contributed by atoms with Crippen LogP contribution in [0.25, 0.3) is 4.96 Å². The number of benzene rings is 1. The van der Waals surface area contributed by atoms with Crippen LogP contribution in [-0.4, -0.2) is 37.7 Å². The highest BCUT2D eigenvalue weighted by atomic mass is 32.1. The van der Waals surface area contributed by atoms with Crippen LogP contribution in [0.4, 0.5) is 0 Å². The maximum Gasteiger partial charge on any atom is 0.230 e. The van der Waals surface area contributed by atoms with E-state index in [1.165, 1.54) is 24.0 Å². The van der Waals surface area contributed by atoms with Crippen molar-refractivity contribution in [3.63, 3.8) is 0 Å². The molecule has 1 saturated heterocycles. The summed E-state index contributed by atoms with van der Waals surface area (Å²) in [5.41, 5.74) is 2.47. The molecule has 3 heterocycles. The topological polar surface area (TPSA) is 53.7 Å². The third-order valence-corrected chi connectivity index (χ3v) is 6.46. The third kappa shape index (κ3) is 3.12. The minimum Gasteiger partial charge on any atom is -0.492 e. The quantitative estimate of drug-likeness (QED) is 0.748. The largest absolute Gasteiger partial charge is 0.492 e. The summed E-state index contributed by atoms with van der Waals surface area (Å²) in [4.78, 5) is 8.77. The summed E-state index contributed by atoms with van der Waals surface area (Å²) in [7, 11) is 0. The second-order valence-electron chi connectivity index (χ2n) is 7.40. The molecule has 1 atom stereocenters. The molecule has 1 fully saturated rings. The van der Waals surface area contributed by atoms with Crippen LogP contribution in [0, 0.1) is 12.8 Å². The van der Waals surface area contributed by atoms with Gasteiger partial charge in [0, 0.05) is 6.42 Å². The van der Waals surface area contributed by atoms with Gasteiger partial charge in [0.05, 0.1) is 10.9 Å². The van der Waals surface area contributed by atoms with Crippen molar-refractivity contribution in [1.82, 2.24) is 19.5 Å². The van der Waals surface area contributed by atoms with Crippen LogP contribution in [0.15, 0.2) is 24.3 Å². The first-order valence-corrected chi connectivity index (χ1v) is 10.3. The molecule has 4 rings (SSSR count). The minimum absolute atomic E-state index is 0.0571. The van der Waals surface area contributed by atoms with Gasteiger partial charge in [0.25, 0.3) is 0 Å². The normalized spacial score (nSPS) is 17.8. The van der Waals surface area contributed by atoms with Crippen molar-refractivity contribution in [3.8, 4) is 5.88 Å². The van der Waals surface area contributed by atoms with Crippen LogP contribution in [0.3, 0.4) is 0 Å². The Kier molecular flexibility index (Phi) is 4.71. The lowest BCUT2D eigenvalue weighted by molar-refractivity contribution is 0.157. The van der Waals surface area contributed by atoms with Crippen molar-refractivity contribution in [2.75, 3.05) is 13.1 Å². The van der Waals surface area contributed by atoms with Gasteiger partial charge < -0.3 is 5.11 Å². The van der Waals surface area contributed by atoms with Gasteiger partial charge >= 0.3 is 0 Å². The molecule has 3 aromatic rings.